The minimum absolute atomic E-state index is 0.0232. The number of benzene rings is 2. The molecule has 8 heteroatoms. The summed E-state index contributed by atoms with van der Waals surface area (Å²) in [5.74, 6) is -1.94. The van der Waals surface area contributed by atoms with Gasteiger partial charge in [-0.1, -0.05) is 28.8 Å². The van der Waals surface area contributed by atoms with Crippen LogP contribution < -0.4 is 9.47 Å². The van der Waals surface area contributed by atoms with Gasteiger partial charge < -0.3 is 14.3 Å². The summed E-state index contributed by atoms with van der Waals surface area (Å²) in [4.78, 5) is 41.9. The Kier molecular flexibility index (Phi) is 4.33. The van der Waals surface area contributed by atoms with Crippen LogP contribution in [0, 0.1) is 0 Å². The summed E-state index contributed by atoms with van der Waals surface area (Å²) in [6.45, 7) is 0. The largest absolute Gasteiger partial charge is 0.497 e. The van der Waals surface area contributed by atoms with Gasteiger partial charge in [0.1, 0.15) is 11.5 Å². The second kappa shape index (κ2) is 6.45. The lowest BCUT2D eigenvalue weighted by Crippen LogP contribution is -2.32. The lowest BCUT2D eigenvalue weighted by Gasteiger charge is -2.15. The molecule has 0 saturated carbocycles. The third-order valence-corrected chi connectivity index (χ3v) is 4.01. The van der Waals surface area contributed by atoms with Crippen molar-refractivity contribution in [3.8, 4) is 11.5 Å². The molecule has 0 saturated heterocycles. The zero-order chi connectivity index (χ0) is 18.1. The van der Waals surface area contributed by atoms with Crippen molar-refractivity contribution in [1.82, 2.24) is 5.06 Å². The quantitative estimate of drug-likeness (QED) is 0.779. The molecule has 0 spiro atoms. The molecule has 2 amide bonds. The van der Waals surface area contributed by atoms with Crippen LogP contribution in [-0.4, -0.2) is 37.1 Å². The first kappa shape index (κ1) is 16.8. The van der Waals surface area contributed by atoms with Crippen LogP contribution in [0.25, 0.3) is 0 Å². The Morgan fingerprint density at radius 3 is 2.12 bits per heavy atom. The normalized spacial score (nSPS) is 12.8. The summed E-state index contributed by atoms with van der Waals surface area (Å²) in [6, 6.07) is 8.99. The highest BCUT2D eigenvalue weighted by atomic mass is 35.5. The minimum Gasteiger partial charge on any atom is -0.497 e. The van der Waals surface area contributed by atoms with Gasteiger partial charge in [0.05, 0.1) is 35.9 Å². The molecule has 0 N–H and O–H groups in total. The molecule has 0 atom stereocenters. The summed E-state index contributed by atoms with van der Waals surface area (Å²) in [6.07, 6.45) is 0. The Morgan fingerprint density at radius 1 is 1.00 bits per heavy atom. The average molecular weight is 362 g/mol. The van der Waals surface area contributed by atoms with Gasteiger partial charge in [-0.2, -0.15) is 0 Å². The molecule has 3 rings (SSSR count). The van der Waals surface area contributed by atoms with E-state index in [1.54, 1.807) is 12.1 Å². The minimum atomic E-state index is -0.989. The topological polar surface area (TPSA) is 82.1 Å². The Hall–Kier alpha value is -3.06. The summed E-state index contributed by atoms with van der Waals surface area (Å²) in [5, 5.41) is 0.389. The number of carbonyl (C=O) groups excluding carboxylic acids is 3. The molecule has 2 aromatic carbocycles. The molecule has 2 aromatic rings. The third kappa shape index (κ3) is 2.78. The van der Waals surface area contributed by atoms with Crippen molar-refractivity contribution >= 4 is 29.4 Å². The third-order valence-electron chi connectivity index (χ3n) is 3.62. The number of hydroxylamine groups is 2. The zero-order valence-corrected chi connectivity index (χ0v) is 14.0. The first-order chi connectivity index (χ1) is 12.0. The SMILES string of the molecule is COc1cc(OC)c(Cl)c(C(=O)ON2C(=O)c3ccccc3C2=O)c1. The number of fused-ring (bicyclic) bond motifs is 1. The maximum Gasteiger partial charge on any atom is 0.365 e. The lowest BCUT2D eigenvalue weighted by atomic mass is 10.1. The molecule has 0 bridgehead atoms. The fourth-order valence-corrected chi connectivity index (χ4v) is 2.63. The van der Waals surface area contributed by atoms with Crippen molar-refractivity contribution in [2.24, 2.45) is 0 Å². The molecule has 0 unspecified atom stereocenters. The number of ether oxygens (including phenoxy) is 2. The van der Waals surface area contributed by atoms with E-state index in [0.717, 1.165) is 0 Å². The van der Waals surface area contributed by atoms with E-state index in [1.165, 1.54) is 38.5 Å². The van der Waals surface area contributed by atoms with Crippen LogP contribution in [-0.2, 0) is 4.84 Å². The van der Waals surface area contributed by atoms with Gasteiger partial charge >= 0.3 is 5.97 Å². The number of hydrogen-bond acceptors (Lipinski definition) is 6. The molecule has 0 aromatic heterocycles. The van der Waals surface area contributed by atoms with Gasteiger partial charge in [0.15, 0.2) is 0 Å². The van der Waals surface area contributed by atoms with Gasteiger partial charge in [0.25, 0.3) is 11.8 Å². The van der Waals surface area contributed by atoms with Gasteiger partial charge in [0.2, 0.25) is 0 Å². The Labute approximate surface area is 147 Å². The van der Waals surface area contributed by atoms with E-state index in [0.29, 0.717) is 10.8 Å². The van der Waals surface area contributed by atoms with Crippen molar-refractivity contribution in [1.29, 1.82) is 0 Å². The van der Waals surface area contributed by atoms with Crippen LogP contribution >= 0.6 is 11.6 Å². The molecule has 1 aliphatic rings. The standard InChI is InChI=1S/C17H12ClNO6/c1-23-9-7-12(14(18)13(8-9)24-2)17(22)25-19-15(20)10-5-3-4-6-11(10)16(19)21/h3-8H,1-2H3. The van der Waals surface area contributed by atoms with Crippen LogP contribution in [0.5, 0.6) is 11.5 Å². The number of hydrogen-bond donors (Lipinski definition) is 0. The zero-order valence-electron chi connectivity index (χ0n) is 13.2. The van der Waals surface area contributed by atoms with Crippen LogP contribution in [0.3, 0.4) is 0 Å². The fourth-order valence-electron chi connectivity index (χ4n) is 2.37. The van der Waals surface area contributed by atoms with Crippen LogP contribution in [0.15, 0.2) is 36.4 Å². The van der Waals surface area contributed by atoms with E-state index < -0.39 is 17.8 Å². The molecule has 7 nitrogen and oxygen atoms in total. The van der Waals surface area contributed by atoms with Gasteiger partial charge in [-0.05, 0) is 18.2 Å². The van der Waals surface area contributed by atoms with Crippen molar-refractivity contribution in [3.63, 3.8) is 0 Å². The van der Waals surface area contributed by atoms with Crippen molar-refractivity contribution in [2.75, 3.05) is 14.2 Å². The Morgan fingerprint density at radius 2 is 1.60 bits per heavy atom. The lowest BCUT2D eigenvalue weighted by molar-refractivity contribution is -0.0584. The Balaban J connectivity index is 1.92. The van der Waals surface area contributed by atoms with Crippen LogP contribution in [0.2, 0.25) is 5.02 Å². The molecule has 25 heavy (non-hydrogen) atoms. The molecule has 128 valence electrons. The number of halogens is 1. The second-order valence-electron chi connectivity index (χ2n) is 5.02. The molecule has 0 aliphatic carbocycles. The summed E-state index contributed by atoms with van der Waals surface area (Å²) < 4.78 is 10.1. The van der Waals surface area contributed by atoms with Crippen LogP contribution in [0.1, 0.15) is 31.1 Å². The molecule has 0 radical (unpaired) electrons. The summed E-state index contributed by atoms with van der Waals surface area (Å²) in [5.41, 5.74) is 0.221. The molecule has 1 aliphatic heterocycles. The first-order valence-electron chi connectivity index (χ1n) is 7.09. The van der Waals surface area contributed by atoms with E-state index >= 15 is 0 Å². The fraction of sp³-hybridized carbons (Fsp3) is 0.118. The van der Waals surface area contributed by atoms with Crippen molar-refractivity contribution in [3.05, 3.63) is 58.1 Å². The number of imide groups is 1. The van der Waals surface area contributed by atoms with E-state index in [1.807, 2.05) is 0 Å². The summed E-state index contributed by atoms with van der Waals surface area (Å²) in [7, 11) is 2.78. The van der Waals surface area contributed by atoms with Gasteiger partial charge in [0, 0.05) is 6.07 Å². The van der Waals surface area contributed by atoms with Gasteiger partial charge in [-0.25, -0.2) is 4.79 Å². The van der Waals surface area contributed by atoms with Gasteiger partial charge in [-0.15, -0.1) is 0 Å². The van der Waals surface area contributed by atoms with E-state index in [-0.39, 0.29) is 27.5 Å². The smallest absolute Gasteiger partial charge is 0.365 e. The Bertz CT molecular complexity index is 860. The number of methoxy groups -OCH3 is 2. The molecular weight excluding hydrogens is 350 g/mol. The van der Waals surface area contributed by atoms with Gasteiger partial charge in [-0.3, -0.25) is 9.59 Å². The predicted octanol–water partition coefficient (Wildman–Crippen LogP) is 2.73. The number of nitrogens with zero attached hydrogens (tertiary/aromatic N) is 1. The highest BCUT2D eigenvalue weighted by molar-refractivity contribution is 6.35. The van der Waals surface area contributed by atoms with Crippen LogP contribution in [0.4, 0.5) is 0 Å². The van der Waals surface area contributed by atoms with E-state index in [2.05, 4.69) is 0 Å². The van der Waals surface area contributed by atoms with E-state index in [9.17, 15) is 14.4 Å². The second-order valence-corrected chi connectivity index (χ2v) is 5.40. The monoisotopic (exact) mass is 361 g/mol. The van der Waals surface area contributed by atoms with Crippen molar-refractivity contribution < 1.29 is 28.7 Å². The highest BCUT2D eigenvalue weighted by Crippen LogP contribution is 2.34. The summed E-state index contributed by atoms with van der Waals surface area (Å²) >= 11 is 6.11. The number of rotatable bonds is 4. The maximum absolute atomic E-state index is 12.4. The number of amides is 2. The molecule has 0 fully saturated rings. The van der Waals surface area contributed by atoms with E-state index in [4.69, 9.17) is 25.9 Å². The highest BCUT2D eigenvalue weighted by Gasteiger charge is 2.39. The predicted molar refractivity (Wildman–Crippen MR) is 86.9 cm³/mol. The molecule has 1 heterocycles. The number of carbonyl (C=O) groups is 3. The maximum atomic E-state index is 12.4. The average Bonchev–Trinajstić information content (AvgIpc) is 2.87. The molecular formula is C17H12ClNO6. The van der Waals surface area contributed by atoms with Crippen molar-refractivity contribution in [2.45, 2.75) is 0 Å². The first-order valence-corrected chi connectivity index (χ1v) is 7.47.